The quantitative estimate of drug-likeness (QED) is 0.705. The van der Waals surface area contributed by atoms with Gasteiger partial charge in [-0.1, -0.05) is 0 Å². The predicted molar refractivity (Wildman–Crippen MR) is 71.0 cm³/mol. The minimum Gasteiger partial charge on any atom is -0.379 e. The summed E-state index contributed by atoms with van der Waals surface area (Å²) < 4.78 is 5.50. The third-order valence-corrected chi connectivity index (χ3v) is 2.68. The van der Waals surface area contributed by atoms with Gasteiger partial charge in [-0.3, -0.25) is 4.98 Å². The minimum absolute atomic E-state index is 0.346. The van der Waals surface area contributed by atoms with Crippen molar-refractivity contribution >= 4 is 0 Å². The number of nitrogens with one attached hydrogen (secondary N) is 1. The fourth-order valence-corrected chi connectivity index (χ4v) is 1.63. The van der Waals surface area contributed by atoms with Gasteiger partial charge in [0.2, 0.25) is 0 Å². The second-order valence-corrected chi connectivity index (χ2v) is 4.58. The molecule has 0 fully saturated rings. The summed E-state index contributed by atoms with van der Waals surface area (Å²) in [5.74, 6) is 0. The van der Waals surface area contributed by atoms with Gasteiger partial charge in [-0.2, -0.15) is 0 Å². The van der Waals surface area contributed by atoms with E-state index in [1.54, 1.807) is 0 Å². The highest BCUT2D eigenvalue weighted by Crippen LogP contribution is 2.09. The van der Waals surface area contributed by atoms with Crippen molar-refractivity contribution in [2.45, 2.75) is 45.8 Å². The van der Waals surface area contributed by atoms with Crippen LogP contribution in [-0.2, 0) is 4.74 Å². The third kappa shape index (κ3) is 6.39. The molecule has 0 aliphatic carbocycles. The van der Waals surface area contributed by atoms with E-state index in [1.165, 1.54) is 5.56 Å². The molecule has 0 amide bonds. The molecule has 1 aromatic rings. The second-order valence-electron chi connectivity index (χ2n) is 4.58. The monoisotopic (exact) mass is 236 g/mol. The lowest BCUT2D eigenvalue weighted by molar-refractivity contribution is 0.0759. The van der Waals surface area contributed by atoms with Crippen molar-refractivity contribution in [2.24, 2.45) is 0 Å². The molecule has 0 radical (unpaired) electrons. The number of hydrogen-bond acceptors (Lipinski definition) is 3. The molecule has 1 rings (SSSR count). The molecular formula is C14H24N2O. The maximum Gasteiger partial charge on any atom is 0.0518 e. The number of pyridine rings is 1. The Kier molecular flexibility index (Phi) is 6.82. The zero-order valence-corrected chi connectivity index (χ0v) is 11.1. The smallest absolute Gasteiger partial charge is 0.0518 e. The van der Waals surface area contributed by atoms with Crippen molar-refractivity contribution in [1.29, 1.82) is 0 Å². The summed E-state index contributed by atoms with van der Waals surface area (Å²) in [6.07, 6.45) is 6.29. The van der Waals surface area contributed by atoms with Gasteiger partial charge in [0.05, 0.1) is 6.10 Å². The number of aromatic nitrogens is 1. The predicted octanol–water partition coefficient (Wildman–Crippen LogP) is 2.94. The Morgan fingerprint density at radius 3 is 2.53 bits per heavy atom. The standard InChI is InChI=1S/C14H24N2O/c1-12(2)17-11-5-4-8-16-13(3)14-6-9-15-10-7-14/h6-7,9-10,12-13,16H,4-5,8,11H2,1-3H3. The average Bonchev–Trinajstić information content (AvgIpc) is 2.34. The Labute approximate surface area is 105 Å². The summed E-state index contributed by atoms with van der Waals surface area (Å²) in [6, 6.07) is 4.50. The number of rotatable bonds is 8. The zero-order valence-electron chi connectivity index (χ0n) is 11.1. The molecule has 1 N–H and O–H groups in total. The third-order valence-electron chi connectivity index (χ3n) is 2.68. The first-order valence-corrected chi connectivity index (χ1v) is 6.45. The van der Waals surface area contributed by atoms with Crippen molar-refractivity contribution in [3.63, 3.8) is 0 Å². The van der Waals surface area contributed by atoms with E-state index in [1.807, 2.05) is 12.4 Å². The van der Waals surface area contributed by atoms with Gasteiger partial charge in [0.15, 0.2) is 0 Å². The Morgan fingerprint density at radius 1 is 1.18 bits per heavy atom. The summed E-state index contributed by atoms with van der Waals surface area (Å²) >= 11 is 0. The van der Waals surface area contributed by atoms with Crippen LogP contribution in [0, 0.1) is 0 Å². The van der Waals surface area contributed by atoms with E-state index < -0.39 is 0 Å². The van der Waals surface area contributed by atoms with Crippen LogP contribution < -0.4 is 5.32 Å². The number of hydrogen-bond donors (Lipinski definition) is 1. The van der Waals surface area contributed by atoms with Gasteiger partial charge in [0.1, 0.15) is 0 Å². The Balaban J connectivity index is 2.07. The summed E-state index contributed by atoms with van der Waals surface area (Å²) in [6.45, 7) is 8.22. The first-order valence-electron chi connectivity index (χ1n) is 6.45. The SMILES string of the molecule is CC(C)OCCCCNC(C)c1ccncc1. The highest BCUT2D eigenvalue weighted by atomic mass is 16.5. The Bertz CT molecular complexity index is 288. The van der Waals surface area contributed by atoms with Crippen LogP contribution in [0.1, 0.15) is 45.2 Å². The molecule has 1 aromatic heterocycles. The van der Waals surface area contributed by atoms with Crippen molar-refractivity contribution in [2.75, 3.05) is 13.2 Å². The van der Waals surface area contributed by atoms with Crippen LogP contribution in [0.25, 0.3) is 0 Å². The molecular weight excluding hydrogens is 212 g/mol. The van der Waals surface area contributed by atoms with Crippen LogP contribution in [0.4, 0.5) is 0 Å². The molecule has 0 saturated carbocycles. The van der Waals surface area contributed by atoms with Gasteiger partial charge in [0, 0.05) is 25.0 Å². The van der Waals surface area contributed by atoms with Crippen LogP contribution in [0.2, 0.25) is 0 Å². The van der Waals surface area contributed by atoms with Gasteiger partial charge in [-0.15, -0.1) is 0 Å². The van der Waals surface area contributed by atoms with E-state index in [0.717, 1.165) is 26.0 Å². The lowest BCUT2D eigenvalue weighted by Crippen LogP contribution is -2.20. The van der Waals surface area contributed by atoms with E-state index >= 15 is 0 Å². The van der Waals surface area contributed by atoms with Crippen molar-refractivity contribution < 1.29 is 4.74 Å². The number of nitrogens with zero attached hydrogens (tertiary/aromatic N) is 1. The molecule has 1 heterocycles. The van der Waals surface area contributed by atoms with Crippen LogP contribution in [0.15, 0.2) is 24.5 Å². The summed E-state index contributed by atoms with van der Waals surface area (Å²) in [5, 5.41) is 3.50. The van der Waals surface area contributed by atoms with Crippen molar-refractivity contribution in [3.8, 4) is 0 Å². The summed E-state index contributed by atoms with van der Waals surface area (Å²) in [5.41, 5.74) is 1.29. The first-order chi connectivity index (χ1) is 8.20. The molecule has 3 nitrogen and oxygen atoms in total. The van der Waals surface area contributed by atoms with Gasteiger partial charge in [0.25, 0.3) is 0 Å². The lowest BCUT2D eigenvalue weighted by atomic mass is 10.1. The average molecular weight is 236 g/mol. The van der Waals surface area contributed by atoms with Crippen molar-refractivity contribution in [1.82, 2.24) is 10.3 Å². The molecule has 1 atom stereocenters. The van der Waals surface area contributed by atoms with E-state index in [-0.39, 0.29) is 0 Å². The van der Waals surface area contributed by atoms with E-state index in [0.29, 0.717) is 12.1 Å². The largest absolute Gasteiger partial charge is 0.379 e. The zero-order chi connectivity index (χ0) is 12.5. The molecule has 0 aliphatic rings. The van der Waals surface area contributed by atoms with E-state index in [4.69, 9.17) is 4.74 Å². The molecule has 3 heteroatoms. The highest BCUT2D eigenvalue weighted by Gasteiger charge is 2.02. The molecule has 0 bridgehead atoms. The Hall–Kier alpha value is -0.930. The van der Waals surface area contributed by atoms with Gasteiger partial charge < -0.3 is 10.1 Å². The molecule has 96 valence electrons. The molecule has 17 heavy (non-hydrogen) atoms. The minimum atomic E-state index is 0.346. The summed E-state index contributed by atoms with van der Waals surface area (Å²) in [7, 11) is 0. The van der Waals surface area contributed by atoms with Crippen LogP contribution in [0.5, 0.6) is 0 Å². The molecule has 0 aromatic carbocycles. The Morgan fingerprint density at radius 2 is 1.88 bits per heavy atom. The lowest BCUT2D eigenvalue weighted by Gasteiger charge is -2.14. The van der Waals surface area contributed by atoms with E-state index in [2.05, 4.69) is 43.2 Å². The van der Waals surface area contributed by atoms with Gasteiger partial charge in [-0.05, 0) is 57.9 Å². The number of ether oxygens (including phenoxy) is 1. The molecule has 1 unspecified atom stereocenters. The van der Waals surface area contributed by atoms with Gasteiger partial charge in [-0.25, -0.2) is 0 Å². The van der Waals surface area contributed by atoms with Crippen molar-refractivity contribution in [3.05, 3.63) is 30.1 Å². The fourth-order valence-electron chi connectivity index (χ4n) is 1.63. The van der Waals surface area contributed by atoms with E-state index in [9.17, 15) is 0 Å². The van der Waals surface area contributed by atoms with Crippen LogP contribution >= 0.6 is 0 Å². The summed E-state index contributed by atoms with van der Waals surface area (Å²) in [4.78, 5) is 4.02. The normalized spacial score (nSPS) is 12.9. The number of unbranched alkanes of at least 4 members (excludes halogenated alkanes) is 1. The van der Waals surface area contributed by atoms with Gasteiger partial charge >= 0.3 is 0 Å². The molecule has 0 spiro atoms. The second kappa shape index (κ2) is 8.20. The molecule has 0 saturated heterocycles. The maximum absolute atomic E-state index is 5.50. The molecule has 0 aliphatic heterocycles. The first kappa shape index (κ1) is 14.1. The topological polar surface area (TPSA) is 34.1 Å². The van der Waals surface area contributed by atoms with Crippen LogP contribution in [0.3, 0.4) is 0 Å². The maximum atomic E-state index is 5.50. The highest BCUT2D eigenvalue weighted by molar-refractivity contribution is 5.13. The fraction of sp³-hybridized carbons (Fsp3) is 0.643. The van der Waals surface area contributed by atoms with Crippen LogP contribution in [-0.4, -0.2) is 24.2 Å².